The van der Waals surface area contributed by atoms with E-state index >= 15 is 0 Å². The minimum Gasteiger partial charge on any atom is -0.487 e. The second-order valence-electron chi connectivity index (χ2n) is 7.13. The van der Waals surface area contributed by atoms with Gasteiger partial charge in [-0.2, -0.15) is 0 Å². The molecule has 0 saturated heterocycles. The van der Waals surface area contributed by atoms with E-state index in [0.29, 0.717) is 51.3 Å². The van der Waals surface area contributed by atoms with E-state index in [1.165, 1.54) is 19.2 Å². The number of anilines is 1. The maximum Gasteiger partial charge on any atom is 0.179 e. The zero-order valence-corrected chi connectivity index (χ0v) is 19.1. The van der Waals surface area contributed by atoms with Crippen molar-refractivity contribution in [3.63, 3.8) is 0 Å². The number of aromatic nitrogens is 1. The maximum atomic E-state index is 14.0. The second kappa shape index (κ2) is 10.9. The Morgan fingerprint density at radius 1 is 1.30 bits per heavy atom. The number of allylic oxidation sites excluding steroid dienone is 1. The average Bonchev–Trinajstić information content (AvgIpc) is 2.79. The summed E-state index contributed by atoms with van der Waals surface area (Å²) in [5, 5.41) is 10.8. The molecule has 1 heterocycles. The van der Waals surface area contributed by atoms with Crippen LogP contribution in [0.5, 0.6) is 5.75 Å². The molecule has 0 bridgehead atoms. The Hall–Kier alpha value is -3.52. The number of pyridine rings is 1. The van der Waals surface area contributed by atoms with Crippen molar-refractivity contribution in [2.45, 2.75) is 27.0 Å². The molecule has 3 rings (SSSR count). The minimum atomic E-state index is -0.713. The van der Waals surface area contributed by atoms with Crippen molar-refractivity contribution in [1.82, 2.24) is 4.98 Å². The molecule has 0 aliphatic rings. The number of aryl methyl sites for hydroxylation is 1. The first-order chi connectivity index (χ1) is 15.8. The topological polar surface area (TPSA) is 79.6 Å². The number of aliphatic imine (C=N–C) groups is 1. The third-order valence-corrected chi connectivity index (χ3v) is 5.16. The van der Waals surface area contributed by atoms with Gasteiger partial charge in [-0.05, 0) is 36.8 Å². The predicted molar refractivity (Wildman–Crippen MR) is 128 cm³/mol. The van der Waals surface area contributed by atoms with Crippen molar-refractivity contribution < 1.29 is 18.3 Å². The lowest BCUT2D eigenvalue weighted by molar-refractivity contribution is 0.308. The standard InChI is InChI=1S/C24H23ClF2N4O2/c1-14-7-22(30-12-18(27)10-28)19-5-4-6-23(24(19)31-14)33-13-20-16(11-29-15(2)32-3)8-17(26)9-21(20)25/h4-10,12,28H,11,13H2,1-3H3,(H,30,31)/b18-12+,28-10?,29-15-. The lowest BCUT2D eigenvalue weighted by Gasteiger charge is -2.15. The Balaban J connectivity index is 1.95. The summed E-state index contributed by atoms with van der Waals surface area (Å²) in [5.74, 6) is -0.231. The van der Waals surface area contributed by atoms with Crippen LogP contribution < -0.4 is 10.1 Å². The molecule has 3 aromatic rings. The lowest BCUT2D eigenvalue weighted by Crippen LogP contribution is -2.04. The van der Waals surface area contributed by atoms with Crippen molar-refractivity contribution in [2.75, 3.05) is 12.4 Å². The van der Waals surface area contributed by atoms with Crippen molar-refractivity contribution in [1.29, 1.82) is 5.41 Å². The molecule has 9 heteroatoms. The monoisotopic (exact) mass is 472 g/mol. The number of rotatable bonds is 8. The number of benzene rings is 2. The van der Waals surface area contributed by atoms with Gasteiger partial charge in [0.2, 0.25) is 0 Å². The van der Waals surface area contributed by atoms with E-state index in [4.69, 9.17) is 26.5 Å². The van der Waals surface area contributed by atoms with Crippen molar-refractivity contribution in [3.8, 4) is 5.75 Å². The molecular weight excluding hydrogens is 450 g/mol. The fraction of sp³-hybridized carbons (Fsp3) is 0.208. The van der Waals surface area contributed by atoms with Gasteiger partial charge in [-0.3, -0.25) is 4.99 Å². The third kappa shape index (κ3) is 6.04. The Labute approximate surface area is 195 Å². The van der Waals surface area contributed by atoms with Gasteiger partial charge in [-0.25, -0.2) is 13.8 Å². The number of fused-ring (bicyclic) bond motifs is 1. The highest BCUT2D eigenvalue weighted by molar-refractivity contribution is 6.31. The van der Waals surface area contributed by atoms with Crippen LogP contribution in [0.15, 0.2) is 53.4 Å². The zero-order valence-electron chi connectivity index (χ0n) is 18.4. The molecular formula is C24H23ClF2N4O2. The highest BCUT2D eigenvalue weighted by Gasteiger charge is 2.14. The van der Waals surface area contributed by atoms with Gasteiger partial charge in [0, 0.05) is 35.5 Å². The van der Waals surface area contributed by atoms with E-state index in [1.54, 1.807) is 25.1 Å². The van der Waals surface area contributed by atoms with E-state index in [2.05, 4.69) is 15.3 Å². The first-order valence-corrected chi connectivity index (χ1v) is 10.4. The molecule has 2 N–H and O–H groups in total. The van der Waals surface area contributed by atoms with Gasteiger partial charge in [0.25, 0.3) is 0 Å². The van der Waals surface area contributed by atoms with E-state index in [1.807, 2.05) is 13.0 Å². The predicted octanol–water partition coefficient (Wildman–Crippen LogP) is 6.35. The van der Waals surface area contributed by atoms with Crippen LogP contribution in [-0.2, 0) is 17.9 Å². The fourth-order valence-electron chi connectivity index (χ4n) is 3.14. The number of para-hydroxylation sites is 1. The quantitative estimate of drug-likeness (QED) is 0.295. The van der Waals surface area contributed by atoms with E-state index in [9.17, 15) is 8.78 Å². The van der Waals surface area contributed by atoms with Gasteiger partial charge in [0.05, 0.1) is 24.9 Å². The van der Waals surface area contributed by atoms with Gasteiger partial charge in [0.1, 0.15) is 23.7 Å². The summed E-state index contributed by atoms with van der Waals surface area (Å²) in [4.78, 5) is 8.84. The number of hydrogen-bond acceptors (Lipinski definition) is 6. The fourth-order valence-corrected chi connectivity index (χ4v) is 3.43. The molecule has 0 fully saturated rings. The van der Waals surface area contributed by atoms with Crippen molar-refractivity contribution in [3.05, 3.63) is 76.1 Å². The Morgan fingerprint density at radius 3 is 2.82 bits per heavy atom. The zero-order chi connectivity index (χ0) is 24.0. The summed E-state index contributed by atoms with van der Waals surface area (Å²) >= 11 is 6.32. The lowest BCUT2D eigenvalue weighted by atomic mass is 10.1. The Kier molecular flexibility index (Phi) is 7.95. The molecule has 0 atom stereocenters. The number of nitrogens with zero attached hydrogens (tertiary/aromatic N) is 2. The number of hydrogen-bond donors (Lipinski definition) is 2. The van der Waals surface area contributed by atoms with Gasteiger partial charge >= 0.3 is 0 Å². The van der Waals surface area contributed by atoms with E-state index in [0.717, 1.165) is 6.20 Å². The molecule has 6 nitrogen and oxygen atoms in total. The first kappa shape index (κ1) is 24.1. The van der Waals surface area contributed by atoms with Crippen molar-refractivity contribution >= 4 is 40.3 Å². The van der Waals surface area contributed by atoms with Crippen LogP contribution in [0.3, 0.4) is 0 Å². The average molecular weight is 473 g/mol. The van der Waals surface area contributed by atoms with Gasteiger partial charge in [-0.15, -0.1) is 0 Å². The van der Waals surface area contributed by atoms with E-state index in [-0.39, 0.29) is 18.2 Å². The molecule has 0 unspecified atom stereocenters. The molecule has 0 spiro atoms. The number of nitrogens with one attached hydrogen (secondary N) is 2. The summed E-state index contributed by atoms with van der Waals surface area (Å²) in [7, 11) is 1.51. The van der Waals surface area contributed by atoms with Crippen LogP contribution in [0.1, 0.15) is 23.7 Å². The molecule has 2 aromatic carbocycles. The van der Waals surface area contributed by atoms with Crippen LogP contribution in [0, 0.1) is 18.2 Å². The summed E-state index contributed by atoms with van der Waals surface area (Å²) in [6.45, 7) is 3.76. The van der Waals surface area contributed by atoms with E-state index < -0.39 is 11.6 Å². The second-order valence-corrected chi connectivity index (χ2v) is 7.54. The molecule has 172 valence electrons. The van der Waals surface area contributed by atoms with Crippen molar-refractivity contribution in [2.24, 2.45) is 4.99 Å². The maximum absolute atomic E-state index is 14.0. The van der Waals surface area contributed by atoms with Gasteiger partial charge in [-0.1, -0.05) is 23.7 Å². The Morgan fingerprint density at radius 2 is 2.09 bits per heavy atom. The number of halogens is 3. The normalized spacial score (nSPS) is 12.1. The summed E-state index contributed by atoms with van der Waals surface area (Å²) in [5.41, 5.74) is 3.05. The molecule has 0 radical (unpaired) electrons. The molecule has 0 aliphatic heterocycles. The first-order valence-electron chi connectivity index (χ1n) is 10.00. The molecule has 33 heavy (non-hydrogen) atoms. The van der Waals surface area contributed by atoms with Gasteiger partial charge in [0.15, 0.2) is 11.7 Å². The van der Waals surface area contributed by atoms with Crippen LogP contribution in [0.25, 0.3) is 10.9 Å². The highest BCUT2D eigenvalue weighted by atomic mass is 35.5. The summed E-state index contributed by atoms with van der Waals surface area (Å²) < 4.78 is 38.5. The molecule has 0 saturated carbocycles. The highest BCUT2D eigenvalue weighted by Crippen LogP contribution is 2.32. The van der Waals surface area contributed by atoms with Crippen LogP contribution in [-0.4, -0.2) is 24.2 Å². The summed E-state index contributed by atoms with van der Waals surface area (Å²) in [6, 6.07) is 9.74. The molecule has 1 aromatic heterocycles. The third-order valence-electron chi connectivity index (χ3n) is 4.83. The van der Waals surface area contributed by atoms with Crippen LogP contribution in [0.4, 0.5) is 14.5 Å². The number of methoxy groups -OCH3 is 1. The molecule has 0 amide bonds. The summed E-state index contributed by atoms with van der Waals surface area (Å²) in [6.07, 6.45) is 1.71. The smallest absolute Gasteiger partial charge is 0.179 e. The van der Waals surface area contributed by atoms with Crippen LogP contribution >= 0.6 is 11.6 Å². The SMILES string of the molecule is CO/C(C)=N\Cc1cc(F)cc(Cl)c1COc1cccc2c(N/C=C(/F)C=N)cc(C)nc12. The molecule has 0 aliphatic carbocycles. The van der Waals surface area contributed by atoms with Crippen LogP contribution in [0.2, 0.25) is 5.02 Å². The largest absolute Gasteiger partial charge is 0.487 e. The minimum absolute atomic E-state index is 0.0653. The number of ether oxygens (including phenoxy) is 2. The Bertz CT molecular complexity index is 1240. The van der Waals surface area contributed by atoms with Gasteiger partial charge < -0.3 is 20.2 Å².